The molecule has 0 aliphatic heterocycles. The Balaban J connectivity index is 1.90. The Bertz CT molecular complexity index is 823. The fourth-order valence-corrected chi connectivity index (χ4v) is 2.46. The minimum absolute atomic E-state index is 0.0754. The molecule has 1 atom stereocenters. The van der Waals surface area contributed by atoms with Crippen molar-refractivity contribution in [1.29, 1.82) is 0 Å². The number of ether oxygens (including phenoxy) is 2. The zero-order chi connectivity index (χ0) is 20.7. The summed E-state index contributed by atoms with van der Waals surface area (Å²) in [6, 6.07) is 11.9. The molecule has 2 amide bonds. The zero-order valence-electron chi connectivity index (χ0n) is 15.2. The third-order valence-electron chi connectivity index (χ3n) is 3.82. The Morgan fingerprint density at radius 2 is 1.68 bits per heavy atom. The molecule has 2 aromatic carbocycles. The van der Waals surface area contributed by atoms with Crippen molar-refractivity contribution in [3.8, 4) is 5.75 Å². The second kappa shape index (κ2) is 9.23. The first kappa shape index (κ1) is 21.2. The number of carbonyl (C=O) groups is 2. The molecule has 0 saturated carbocycles. The highest BCUT2D eigenvalue weighted by Gasteiger charge is 2.31. The smallest absolute Gasteiger partial charge is 0.406 e. The van der Waals surface area contributed by atoms with Crippen molar-refractivity contribution < 1.29 is 32.2 Å². The van der Waals surface area contributed by atoms with Crippen LogP contribution in [0.4, 0.5) is 18.9 Å². The van der Waals surface area contributed by atoms with Gasteiger partial charge in [0, 0.05) is 19.3 Å². The van der Waals surface area contributed by atoms with E-state index in [-0.39, 0.29) is 12.2 Å². The van der Waals surface area contributed by atoms with E-state index in [0.29, 0.717) is 0 Å². The number of hydrogen-bond acceptors (Lipinski definition) is 4. The van der Waals surface area contributed by atoms with Crippen LogP contribution in [-0.2, 0) is 14.3 Å². The number of methoxy groups -OCH3 is 1. The van der Waals surface area contributed by atoms with E-state index in [0.717, 1.165) is 23.3 Å². The van der Waals surface area contributed by atoms with E-state index in [2.05, 4.69) is 15.4 Å². The van der Waals surface area contributed by atoms with Crippen LogP contribution < -0.4 is 15.4 Å². The second-order valence-electron chi connectivity index (χ2n) is 5.82. The Hall–Kier alpha value is -3.07. The number of rotatable bonds is 6. The minimum Gasteiger partial charge on any atom is -0.406 e. The summed E-state index contributed by atoms with van der Waals surface area (Å²) in [6.45, 7) is 1.98. The van der Waals surface area contributed by atoms with Gasteiger partial charge in [-0.1, -0.05) is 24.3 Å². The highest BCUT2D eigenvalue weighted by atomic mass is 19.4. The van der Waals surface area contributed by atoms with Crippen LogP contribution in [0.25, 0.3) is 0 Å². The van der Waals surface area contributed by atoms with Gasteiger partial charge in [-0.3, -0.25) is 9.59 Å². The van der Waals surface area contributed by atoms with Crippen LogP contribution in [0, 0.1) is 6.92 Å². The average Bonchev–Trinajstić information content (AvgIpc) is 2.63. The number of aryl methyl sites for hydroxylation is 1. The molecule has 0 bridgehead atoms. The molecule has 0 aliphatic rings. The van der Waals surface area contributed by atoms with Crippen molar-refractivity contribution in [3.63, 3.8) is 0 Å². The molecule has 0 spiro atoms. The highest BCUT2D eigenvalue weighted by Crippen LogP contribution is 2.24. The topological polar surface area (TPSA) is 76.7 Å². The van der Waals surface area contributed by atoms with Crippen LogP contribution in [0.15, 0.2) is 48.5 Å². The number of nitrogens with one attached hydrogen (secondary N) is 2. The first-order valence-corrected chi connectivity index (χ1v) is 8.23. The molecule has 0 aliphatic carbocycles. The van der Waals surface area contributed by atoms with Gasteiger partial charge in [0.1, 0.15) is 5.75 Å². The van der Waals surface area contributed by atoms with E-state index in [1.54, 1.807) is 0 Å². The molecule has 0 saturated heterocycles. The molecule has 150 valence electrons. The summed E-state index contributed by atoms with van der Waals surface area (Å²) < 4.78 is 45.5. The number of anilines is 1. The van der Waals surface area contributed by atoms with Crippen LogP contribution in [0.5, 0.6) is 5.75 Å². The molecule has 9 heteroatoms. The highest BCUT2D eigenvalue weighted by molar-refractivity contribution is 6.39. The third-order valence-corrected chi connectivity index (χ3v) is 3.82. The van der Waals surface area contributed by atoms with Crippen LogP contribution in [-0.4, -0.2) is 31.8 Å². The lowest BCUT2D eigenvalue weighted by Gasteiger charge is -2.18. The van der Waals surface area contributed by atoms with Crippen molar-refractivity contribution in [1.82, 2.24) is 5.32 Å². The SMILES string of the molecule is COC(CNC(=O)C(=O)Nc1ccc(OC(F)(F)F)cc1)c1ccccc1C. The van der Waals surface area contributed by atoms with Gasteiger partial charge in [0.25, 0.3) is 0 Å². The maximum Gasteiger partial charge on any atom is 0.573 e. The predicted octanol–water partition coefficient (Wildman–Crippen LogP) is 3.34. The van der Waals surface area contributed by atoms with E-state index in [1.165, 1.54) is 19.2 Å². The molecule has 2 rings (SSSR count). The Morgan fingerprint density at radius 3 is 2.25 bits per heavy atom. The number of carbonyl (C=O) groups excluding carboxylic acids is 2. The molecular weight excluding hydrogens is 377 g/mol. The molecule has 2 aromatic rings. The lowest BCUT2D eigenvalue weighted by atomic mass is 10.0. The maximum absolute atomic E-state index is 12.1. The van der Waals surface area contributed by atoms with Crippen molar-refractivity contribution in [2.75, 3.05) is 19.0 Å². The first-order chi connectivity index (χ1) is 13.2. The van der Waals surface area contributed by atoms with Crippen LogP contribution in [0.2, 0.25) is 0 Å². The van der Waals surface area contributed by atoms with Gasteiger partial charge in [-0.25, -0.2) is 0 Å². The van der Waals surface area contributed by atoms with Gasteiger partial charge in [-0.15, -0.1) is 13.2 Å². The standard InChI is InChI=1S/C19H19F3N2O4/c1-12-5-3-4-6-15(12)16(27-2)11-23-17(25)18(26)24-13-7-9-14(10-8-13)28-19(20,21)22/h3-10,16H,11H2,1-2H3,(H,23,25)(H,24,26). The molecule has 0 heterocycles. The van der Waals surface area contributed by atoms with Crippen LogP contribution >= 0.6 is 0 Å². The summed E-state index contributed by atoms with van der Waals surface area (Å²) >= 11 is 0. The second-order valence-corrected chi connectivity index (χ2v) is 5.82. The van der Waals surface area contributed by atoms with Gasteiger partial charge >= 0.3 is 18.2 Å². The van der Waals surface area contributed by atoms with Gasteiger partial charge in [0.05, 0.1) is 6.10 Å². The number of benzene rings is 2. The van der Waals surface area contributed by atoms with Gasteiger partial charge in [-0.05, 0) is 42.3 Å². The van der Waals surface area contributed by atoms with Crippen molar-refractivity contribution in [2.24, 2.45) is 0 Å². The van der Waals surface area contributed by atoms with Crippen molar-refractivity contribution in [2.45, 2.75) is 19.4 Å². The van der Waals surface area contributed by atoms with Gasteiger partial charge < -0.3 is 20.1 Å². The molecule has 0 radical (unpaired) electrons. The van der Waals surface area contributed by atoms with E-state index < -0.39 is 30.0 Å². The molecule has 28 heavy (non-hydrogen) atoms. The molecule has 0 fully saturated rings. The molecule has 0 aromatic heterocycles. The molecule has 2 N–H and O–H groups in total. The summed E-state index contributed by atoms with van der Waals surface area (Å²) in [6.07, 6.45) is -5.24. The summed E-state index contributed by atoms with van der Waals surface area (Å²) in [5.41, 5.74) is 2.01. The van der Waals surface area contributed by atoms with E-state index >= 15 is 0 Å². The summed E-state index contributed by atoms with van der Waals surface area (Å²) in [5, 5.41) is 4.77. The van der Waals surface area contributed by atoms with Crippen molar-refractivity contribution >= 4 is 17.5 Å². The Labute approximate surface area is 159 Å². The lowest BCUT2D eigenvalue weighted by Crippen LogP contribution is -2.38. The summed E-state index contributed by atoms with van der Waals surface area (Å²) in [4.78, 5) is 23.9. The van der Waals surface area contributed by atoms with E-state index in [4.69, 9.17) is 4.74 Å². The Morgan fingerprint density at radius 1 is 1.04 bits per heavy atom. The van der Waals surface area contributed by atoms with Gasteiger partial charge in [-0.2, -0.15) is 0 Å². The largest absolute Gasteiger partial charge is 0.573 e. The van der Waals surface area contributed by atoms with Gasteiger partial charge in [0.2, 0.25) is 0 Å². The van der Waals surface area contributed by atoms with E-state index in [9.17, 15) is 22.8 Å². The quantitative estimate of drug-likeness (QED) is 0.735. The van der Waals surface area contributed by atoms with Crippen molar-refractivity contribution in [3.05, 3.63) is 59.7 Å². The van der Waals surface area contributed by atoms with Gasteiger partial charge in [0.15, 0.2) is 0 Å². The number of alkyl halides is 3. The number of halogens is 3. The number of hydrogen-bond donors (Lipinski definition) is 2. The van der Waals surface area contributed by atoms with E-state index in [1.807, 2.05) is 31.2 Å². The first-order valence-electron chi connectivity index (χ1n) is 8.23. The predicted molar refractivity (Wildman–Crippen MR) is 95.7 cm³/mol. The normalized spacial score (nSPS) is 12.2. The number of amides is 2. The lowest BCUT2D eigenvalue weighted by molar-refractivity contribution is -0.274. The van der Waals surface area contributed by atoms with Crippen LogP contribution in [0.3, 0.4) is 0 Å². The molecule has 1 unspecified atom stereocenters. The minimum atomic E-state index is -4.81. The fraction of sp³-hybridized carbons (Fsp3) is 0.263. The molecule has 6 nitrogen and oxygen atoms in total. The third kappa shape index (κ3) is 6.27. The average molecular weight is 396 g/mol. The monoisotopic (exact) mass is 396 g/mol. The Kier molecular flexibility index (Phi) is 7.00. The zero-order valence-corrected chi connectivity index (χ0v) is 15.2. The maximum atomic E-state index is 12.1. The summed E-state index contributed by atoms with van der Waals surface area (Å²) in [5.74, 6) is -2.29. The summed E-state index contributed by atoms with van der Waals surface area (Å²) in [7, 11) is 1.49. The fourth-order valence-electron chi connectivity index (χ4n) is 2.46. The molecular formula is C19H19F3N2O4. The van der Waals surface area contributed by atoms with Crippen LogP contribution in [0.1, 0.15) is 17.2 Å².